The predicted octanol–water partition coefficient (Wildman–Crippen LogP) is 3.36. The number of benzene rings is 2. The summed E-state index contributed by atoms with van der Waals surface area (Å²) in [7, 11) is 1.53. The van der Waals surface area contributed by atoms with Gasteiger partial charge in [0.1, 0.15) is 23.1 Å². The number of carboxylic acids is 1. The summed E-state index contributed by atoms with van der Waals surface area (Å²) in [5.41, 5.74) is 0.592. The maximum absolute atomic E-state index is 12.4. The number of hydrogen-bond donors (Lipinski definition) is 2. The van der Waals surface area contributed by atoms with Gasteiger partial charge in [-0.1, -0.05) is 11.6 Å². The van der Waals surface area contributed by atoms with Gasteiger partial charge in [0.05, 0.1) is 7.11 Å². The van der Waals surface area contributed by atoms with E-state index in [0.29, 0.717) is 22.0 Å². The third-order valence-electron chi connectivity index (χ3n) is 3.34. The number of amides is 1. The van der Waals surface area contributed by atoms with Crippen molar-refractivity contribution in [2.75, 3.05) is 19.0 Å². The Morgan fingerprint density at radius 2 is 1.96 bits per heavy atom. The molecule has 1 amide bonds. The van der Waals surface area contributed by atoms with Crippen LogP contribution in [0.4, 0.5) is 5.69 Å². The van der Waals surface area contributed by atoms with E-state index < -0.39 is 18.5 Å². The zero-order valence-corrected chi connectivity index (χ0v) is 15.0. The van der Waals surface area contributed by atoms with Crippen LogP contribution < -0.4 is 14.8 Å². The van der Waals surface area contributed by atoms with Gasteiger partial charge in [-0.05, 0) is 48.5 Å². The van der Waals surface area contributed by atoms with Crippen molar-refractivity contribution in [3.63, 3.8) is 0 Å². The minimum atomic E-state index is -1.15. The fourth-order valence-electron chi connectivity index (χ4n) is 2.08. The van der Waals surface area contributed by atoms with Crippen molar-refractivity contribution in [3.05, 3.63) is 58.6 Å². The van der Waals surface area contributed by atoms with Gasteiger partial charge in [0, 0.05) is 16.3 Å². The molecule has 0 saturated heterocycles. The monoisotopic (exact) mass is 386 g/mol. The Morgan fingerprint density at radius 1 is 1.26 bits per heavy atom. The van der Waals surface area contributed by atoms with Crippen LogP contribution in [0.15, 0.2) is 48.0 Å². The molecule has 0 heterocycles. The maximum atomic E-state index is 12.4. The average Bonchev–Trinajstić information content (AvgIpc) is 2.65. The summed E-state index contributed by atoms with van der Waals surface area (Å²) in [4.78, 5) is 23.1. The van der Waals surface area contributed by atoms with E-state index in [9.17, 15) is 14.9 Å². The topological polar surface area (TPSA) is 109 Å². The fourth-order valence-corrected chi connectivity index (χ4v) is 2.26. The van der Waals surface area contributed by atoms with Gasteiger partial charge in [0.2, 0.25) is 0 Å². The van der Waals surface area contributed by atoms with Crippen LogP contribution in [0.1, 0.15) is 5.56 Å². The highest BCUT2D eigenvalue weighted by molar-refractivity contribution is 6.30. The van der Waals surface area contributed by atoms with Crippen molar-refractivity contribution < 1.29 is 24.2 Å². The Morgan fingerprint density at radius 3 is 2.56 bits per heavy atom. The molecule has 0 atom stereocenters. The number of methoxy groups -OCH3 is 1. The Balaban J connectivity index is 2.26. The molecular weight excluding hydrogens is 372 g/mol. The van der Waals surface area contributed by atoms with Gasteiger partial charge in [0.15, 0.2) is 6.61 Å². The van der Waals surface area contributed by atoms with Crippen LogP contribution in [0.25, 0.3) is 6.08 Å². The zero-order valence-electron chi connectivity index (χ0n) is 14.2. The summed E-state index contributed by atoms with van der Waals surface area (Å²) < 4.78 is 10.2. The lowest BCUT2D eigenvalue weighted by Gasteiger charge is -2.09. The van der Waals surface area contributed by atoms with Gasteiger partial charge in [-0.15, -0.1) is 0 Å². The molecule has 2 aromatic carbocycles. The molecule has 138 valence electrons. The number of nitriles is 1. The summed E-state index contributed by atoms with van der Waals surface area (Å²) in [6, 6.07) is 12.9. The molecule has 27 heavy (non-hydrogen) atoms. The van der Waals surface area contributed by atoms with Gasteiger partial charge < -0.3 is 19.9 Å². The van der Waals surface area contributed by atoms with Gasteiger partial charge in [-0.25, -0.2) is 4.79 Å². The number of ether oxygens (including phenoxy) is 2. The van der Waals surface area contributed by atoms with Crippen LogP contribution in [0.5, 0.6) is 11.5 Å². The zero-order chi connectivity index (χ0) is 19.8. The van der Waals surface area contributed by atoms with Crippen molar-refractivity contribution in [2.24, 2.45) is 0 Å². The number of anilines is 1. The number of aliphatic carboxylic acids is 1. The van der Waals surface area contributed by atoms with Gasteiger partial charge in [-0.2, -0.15) is 5.26 Å². The Bertz CT molecular complexity index is 917. The molecule has 2 N–H and O–H groups in total. The lowest BCUT2D eigenvalue weighted by molar-refractivity contribution is -0.139. The highest BCUT2D eigenvalue weighted by atomic mass is 35.5. The first kappa shape index (κ1) is 19.8. The van der Waals surface area contributed by atoms with E-state index in [1.54, 1.807) is 24.3 Å². The highest BCUT2D eigenvalue weighted by Gasteiger charge is 2.13. The molecule has 0 aromatic heterocycles. The van der Waals surface area contributed by atoms with Gasteiger partial charge in [-0.3, -0.25) is 4.79 Å². The molecule has 0 unspecified atom stereocenters. The molecule has 0 aliphatic heterocycles. The molecule has 2 rings (SSSR count). The number of nitrogens with zero attached hydrogens (tertiary/aromatic N) is 1. The van der Waals surface area contributed by atoms with E-state index in [4.69, 9.17) is 26.2 Å². The molecule has 0 aliphatic rings. The summed E-state index contributed by atoms with van der Waals surface area (Å²) in [6.45, 7) is -0.567. The Labute approximate surface area is 160 Å². The van der Waals surface area contributed by atoms with Crippen LogP contribution >= 0.6 is 11.6 Å². The van der Waals surface area contributed by atoms with Crippen LogP contribution in [0.2, 0.25) is 5.02 Å². The number of halogens is 1. The van der Waals surface area contributed by atoms with E-state index in [1.807, 2.05) is 6.07 Å². The number of carbonyl (C=O) groups excluding carboxylic acids is 1. The first-order chi connectivity index (χ1) is 12.9. The van der Waals surface area contributed by atoms with Crippen molar-refractivity contribution >= 4 is 35.2 Å². The van der Waals surface area contributed by atoms with E-state index in [1.165, 1.54) is 31.4 Å². The molecule has 2 aromatic rings. The number of nitrogens with one attached hydrogen (secondary N) is 1. The van der Waals surface area contributed by atoms with Crippen molar-refractivity contribution in [1.82, 2.24) is 0 Å². The van der Waals surface area contributed by atoms with Crippen molar-refractivity contribution in [1.29, 1.82) is 5.26 Å². The fraction of sp³-hybridized carbons (Fsp3) is 0.105. The smallest absolute Gasteiger partial charge is 0.341 e. The second-order valence-electron chi connectivity index (χ2n) is 5.22. The molecule has 0 fully saturated rings. The number of carbonyl (C=O) groups is 2. The second-order valence-corrected chi connectivity index (χ2v) is 5.65. The second kappa shape index (κ2) is 9.27. The first-order valence-electron chi connectivity index (χ1n) is 7.64. The first-order valence-corrected chi connectivity index (χ1v) is 8.02. The van der Waals surface area contributed by atoms with E-state index in [2.05, 4.69) is 5.32 Å². The summed E-state index contributed by atoms with van der Waals surface area (Å²) in [5.74, 6) is -0.973. The summed E-state index contributed by atoms with van der Waals surface area (Å²) >= 11 is 5.95. The normalized spacial score (nSPS) is 10.6. The van der Waals surface area contributed by atoms with Crippen molar-refractivity contribution in [2.45, 2.75) is 0 Å². The lowest BCUT2D eigenvalue weighted by atomic mass is 10.1. The largest absolute Gasteiger partial charge is 0.497 e. The van der Waals surface area contributed by atoms with Crippen LogP contribution in [0.3, 0.4) is 0 Å². The predicted molar refractivity (Wildman–Crippen MR) is 99.8 cm³/mol. The molecule has 0 saturated carbocycles. The molecule has 0 bridgehead atoms. The van der Waals surface area contributed by atoms with Crippen LogP contribution in [0, 0.1) is 11.3 Å². The number of carboxylic acid groups (broad SMARTS) is 1. The third-order valence-corrected chi connectivity index (χ3v) is 3.57. The minimum absolute atomic E-state index is 0.187. The third kappa shape index (κ3) is 5.76. The standard InChI is InChI=1S/C19H15ClN2O5/c1-26-16-5-3-15(4-6-16)22-19(25)13(10-21)8-12-9-14(20)2-7-17(12)27-11-18(23)24/h2-9H,11H2,1H3,(H,22,25)(H,23,24)/b13-8+. The summed E-state index contributed by atoms with van der Waals surface area (Å²) in [6.07, 6.45) is 1.28. The van der Waals surface area contributed by atoms with E-state index in [0.717, 1.165) is 0 Å². The Kier molecular flexibility index (Phi) is 6.80. The SMILES string of the molecule is COc1ccc(NC(=O)/C(C#N)=C/c2cc(Cl)ccc2OCC(=O)O)cc1. The van der Waals surface area contributed by atoms with Gasteiger partial charge >= 0.3 is 5.97 Å². The summed E-state index contributed by atoms with van der Waals surface area (Å²) in [5, 5.41) is 21.0. The lowest BCUT2D eigenvalue weighted by Crippen LogP contribution is -2.13. The van der Waals surface area contributed by atoms with Crippen molar-refractivity contribution in [3.8, 4) is 17.6 Å². The molecule has 0 radical (unpaired) electrons. The quantitative estimate of drug-likeness (QED) is 0.558. The van der Waals surface area contributed by atoms with E-state index >= 15 is 0 Å². The minimum Gasteiger partial charge on any atom is -0.497 e. The average molecular weight is 387 g/mol. The highest BCUT2D eigenvalue weighted by Crippen LogP contribution is 2.26. The maximum Gasteiger partial charge on any atom is 0.341 e. The Hall–Kier alpha value is -3.50. The van der Waals surface area contributed by atoms with Crippen LogP contribution in [-0.2, 0) is 9.59 Å². The molecule has 7 nitrogen and oxygen atoms in total. The molecule has 8 heteroatoms. The van der Waals surface area contributed by atoms with E-state index in [-0.39, 0.29) is 11.3 Å². The number of hydrogen-bond acceptors (Lipinski definition) is 5. The molecule has 0 spiro atoms. The number of rotatable bonds is 7. The molecule has 0 aliphatic carbocycles. The molecular formula is C19H15ClN2O5. The van der Waals surface area contributed by atoms with Crippen LogP contribution in [-0.4, -0.2) is 30.7 Å². The van der Waals surface area contributed by atoms with Gasteiger partial charge in [0.25, 0.3) is 5.91 Å².